The fourth-order valence-corrected chi connectivity index (χ4v) is 1.40. The summed E-state index contributed by atoms with van der Waals surface area (Å²) in [6.45, 7) is -2.30. The first kappa shape index (κ1) is 17.6. The van der Waals surface area contributed by atoms with Gasteiger partial charge in [0.15, 0.2) is 6.61 Å². The maximum absolute atomic E-state index is 12.8. The van der Waals surface area contributed by atoms with Crippen LogP contribution in [0.15, 0.2) is 18.2 Å². The van der Waals surface area contributed by atoms with Crippen LogP contribution in [0.3, 0.4) is 0 Å². The molecule has 8 nitrogen and oxygen atoms in total. The minimum atomic E-state index is -3.19. The number of carbonyl (C=O) groups excluding carboxylic acids is 1. The van der Waals surface area contributed by atoms with Crippen molar-refractivity contribution in [1.29, 1.82) is 0 Å². The highest BCUT2D eigenvalue weighted by Gasteiger charge is 2.27. The van der Waals surface area contributed by atoms with Gasteiger partial charge < -0.3 is 20.5 Å². The molecule has 1 aromatic rings. The van der Waals surface area contributed by atoms with E-state index >= 15 is 0 Å². The predicted molar refractivity (Wildman–Crippen MR) is 72.2 cm³/mol. The second-order valence-electron chi connectivity index (χ2n) is 4.22. The Kier molecular flexibility index (Phi) is 5.99. The smallest absolute Gasteiger partial charge is 0.311 e. The molecule has 0 spiro atoms. The molecule has 10 heteroatoms. The molecule has 22 heavy (non-hydrogen) atoms. The SMILES string of the molecule is COc1cc(OCC(=O)NCC(F)(F)CN)ccc1[N+](=O)[O-]. The van der Waals surface area contributed by atoms with Crippen LogP contribution in [-0.2, 0) is 4.79 Å². The van der Waals surface area contributed by atoms with E-state index in [2.05, 4.69) is 0 Å². The van der Waals surface area contributed by atoms with E-state index < -0.39 is 36.4 Å². The van der Waals surface area contributed by atoms with Crippen LogP contribution in [0.1, 0.15) is 0 Å². The number of methoxy groups -OCH3 is 1. The van der Waals surface area contributed by atoms with E-state index in [4.69, 9.17) is 15.2 Å². The molecule has 0 saturated heterocycles. The number of rotatable bonds is 8. The molecule has 0 atom stereocenters. The van der Waals surface area contributed by atoms with Gasteiger partial charge in [-0.25, -0.2) is 8.78 Å². The maximum atomic E-state index is 12.8. The van der Waals surface area contributed by atoms with Crippen LogP contribution in [0.25, 0.3) is 0 Å². The average Bonchev–Trinajstić information content (AvgIpc) is 2.50. The molecule has 0 fully saturated rings. The number of benzene rings is 1. The number of amides is 1. The summed E-state index contributed by atoms with van der Waals surface area (Å²) in [6.07, 6.45) is 0. The molecule has 0 aliphatic heterocycles. The van der Waals surface area contributed by atoms with E-state index in [1.165, 1.54) is 19.2 Å². The first-order chi connectivity index (χ1) is 10.3. The van der Waals surface area contributed by atoms with E-state index in [1.54, 1.807) is 0 Å². The topological polar surface area (TPSA) is 117 Å². The number of hydrogen-bond donors (Lipinski definition) is 2. The van der Waals surface area contributed by atoms with Crippen LogP contribution in [0.5, 0.6) is 11.5 Å². The molecule has 3 N–H and O–H groups in total. The van der Waals surface area contributed by atoms with Crippen LogP contribution in [0, 0.1) is 10.1 Å². The molecule has 1 amide bonds. The normalized spacial score (nSPS) is 10.9. The van der Waals surface area contributed by atoms with Gasteiger partial charge in [-0.15, -0.1) is 0 Å². The summed E-state index contributed by atoms with van der Waals surface area (Å²) < 4.78 is 35.5. The highest BCUT2D eigenvalue weighted by Crippen LogP contribution is 2.30. The molecular weight excluding hydrogens is 304 g/mol. The molecule has 0 bridgehead atoms. The number of ether oxygens (including phenoxy) is 2. The molecular formula is C12H15F2N3O5. The summed E-state index contributed by atoms with van der Waals surface area (Å²) in [4.78, 5) is 21.4. The third-order valence-electron chi connectivity index (χ3n) is 2.56. The number of nitrogens with two attached hydrogens (primary N) is 1. The lowest BCUT2D eigenvalue weighted by atomic mass is 10.3. The lowest BCUT2D eigenvalue weighted by Crippen LogP contribution is -2.43. The van der Waals surface area contributed by atoms with Gasteiger partial charge in [0, 0.05) is 12.1 Å². The van der Waals surface area contributed by atoms with Gasteiger partial charge in [-0.05, 0) is 6.07 Å². The summed E-state index contributed by atoms with van der Waals surface area (Å²) in [5, 5.41) is 12.7. The zero-order valence-electron chi connectivity index (χ0n) is 11.7. The van der Waals surface area contributed by atoms with Crippen LogP contribution in [0.2, 0.25) is 0 Å². The largest absolute Gasteiger partial charge is 0.490 e. The number of nitro groups is 1. The fraction of sp³-hybridized carbons (Fsp3) is 0.417. The van der Waals surface area contributed by atoms with Crippen molar-refractivity contribution in [3.05, 3.63) is 28.3 Å². The number of halogens is 2. The summed E-state index contributed by atoms with van der Waals surface area (Å²) in [5.74, 6) is -3.88. The van der Waals surface area contributed by atoms with E-state index in [0.29, 0.717) is 0 Å². The zero-order valence-corrected chi connectivity index (χ0v) is 11.7. The van der Waals surface area contributed by atoms with Gasteiger partial charge in [0.1, 0.15) is 5.75 Å². The number of nitrogens with one attached hydrogen (secondary N) is 1. The quantitative estimate of drug-likeness (QED) is 0.538. The summed E-state index contributed by atoms with van der Waals surface area (Å²) in [7, 11) is 1.24. The van der Waals surface area contributed by atoms with E-state index in [0.717, 1.165) is 6.07 Å². The summed E-state index contributed by atoms with van der Waals surface area (Å²) in [5.41, 5.74) is 4.56. The van der Waals surface area contributed by atoms with E-state index in [9.17, 15) is 23.7 Å². The second-order valence-corrected chi connectivity index (χ2v) is 4.22. The number of alkyl halides is 2. The van der Waals surface area contributed by atoms with Gasteiger partial charge >= 0.3 is 5.69 Å². The zero-order chi connectivity index (χ0) is 16.8. The molecule has 0 aliphatic carbocycles. The minimum Gasteiger partial charge on any atom is -0.490 e. The molecule has 0 aromatic heterocycles. The molecule has 1 rings (SSSR count). The second kappa shape index (κ2) is 7.50. The molecule has 0 aliphatic rings. The number of nitro benzene ring substituents is 1. The van der Waals surface area contributed by atoms with Crippen LogP contribution in [-0.4, -0.2) is 43.6 Å². The Balaban J connectivity index is 2.58. The predicted octanol–water partition coefficient (Wildman–Crippen LogP) is 0.692. The first-order valence-electron chi connectivity index (χ1n) is 6.09. The van der Waals surface area contributed by atoms with Crippen molar-refractivity contribution in [1.82, 2.24) is 5.32 Å². The van der Waals surface area contributed by atoms with Crippen molar-refractivity contribution >= 4 is 11.6 Å². The van der Waals surface area contributed by atoms with Crippen LogP contribution < -0.4 is 20.5 Å². The minimum absolute atomic E-state index is 0.0439. The first-order valence-corrected chi connectivity index (χ1v) is 6.09. The van der Waals surface area contributed by atoms with Gasteiger partial charge in [0.2, 0.25) is 5.75 Å². The van der Waals surface area contributed by atoms with Crippen molar-refractivity contribution in [2.75, 3.05) is 26.8 Å². The Bertz CT molecular complexity index is 554. The fourth-order valence-electron chi connectivity index (χ4n) is 1.40. The van der Waals surface area contributed by atoms with E-state index in [1.807, 2.05) is 5.32 Å². The van der Waals surface area contributed by atoms with Crippen molar-refractivity contribution in [2.24, 2.45) is 5.73 Å². The van der Waals surface area contributed by atoms with Gasteiger partial charge in [0.05, 0.1) is 25.1 Å². The van der Waals surface area contributed by atoms with Gasteiger partial charge in [-0.3, -0.25) is 14.9 Å². The Morgan fingerprint density at radius 2 is 2.18 bits per heavy atom. The van der Waals surface area contributed by atoms with E-state index in [-0.39, 0.29) is 17.2 Å². The highest BCUT2D eigenvalue weighted by molar-refractivity contribution is 5.77. The number of hydrogen-bond acceptors (Lipinski definition) is 6. The van der Waals surface area contributed by atoms with Crippen LogP contribution in [0.4, 0.5) is 14.5 Å². The molecule has 0 radical (unpaired) electrons. The maximum Gasteiger partial charge on any atom is 0.311 e. The third kappa shape index (κ3) is 5.13. The van der Waals surface area contributed by atoms with Crippen molar-refractivity contribution < 1.29 is 28.0 Å². The Morgan fingerprint density at radius 1 is 1.50 bits per heavy atom. The average molecular weight is 319 g/mol. The van der Waals surface area contributed by atoms with Crippen molar-refractivity contribution in [3.8, 4) is 11.5 Å². The molecule has 0 saturated carbocycles. The molecule has 1 aromatic carbocycles. The molecule has 122 valence electrons. The van der Waals surface area contributed by atoms with Gasteiger partial charge in [0.25, 0.3) is 11.8 Å². The molecule has 0 heterocycles. The standard InChI is InChI=1S/C12H15F2N3O5/c1-21-10-4-8(2-3-9(10)17(19)20)22-5-11(18)16-7-12(13,14)6-15/h2-4H,5-7,15H2,1H3,(H,16,18). The van der Waals surface area contributed by atoms with Gasteiger partial charge in [-0.1, -0.05) is 0 Å². The summed E-state index contributed by atoms with van der Waals surface area (Å²) >= 11 is 0. The highest BCUT2D eigenvalue weighted by atomic mass is 19.3. The Hall–Kier alpha value is -2.49. The van der Waals surface area contributed by atoms with Crippen molar-refractivity contribution in [2.45, 2.75) is 5.92 Å². The molecule has 0 unspecified atom stereocenters. The number of carbonyl (C=O) groups is 1. The summed E-state index contributed by atoms with van der Waals surface area (Å²) in [6, 6.07) is 3.64. The Morgan fingerprint density at radius 3 is 2.73 bits per heavy atom. The van der Waals surface area contributed by atoms with Crippen molar-refractivity contribution in [3.63, 3.8) is 0 Å². The lowest BCUT2D eigenvalue weighted by molar-refractivity contribution is -0.385. The van der Waals surface area contributed by atoms with Gasteiger partial charge in [-0.2, -0.15) is 0 Å². The van der Waals surface area contributed by atoms with Crippen LogP contribution >= 0.6 is 0 Å². The Labute approximate surface area is 124 Å². The number of nitrogens with zero attached hydrogens (tertiary/aromatic N) is 1. The lowest BCUT2D eigenvalue weighted by Gasteiger charge is -2.14. The third-order valence-corrected chi connectivity index (χ3v) is 2.56. The monoisotopic (exact) mass is 319 g/mol.